The van der Waals surface area contributed by atoms with Gasteiger partial charge >= 0.3 is 0 Å². The number of aromatic nitrogens is 1. The van der Waals surface area contributed by atoms with Gasteiger partial charge in [-0.05, 0) is 41.3 Å². The number of carbonyl (C=O) groups is 1. The zero-order valence-corrected chi connectivity index (χ0v) is 12.5. The van der Waals surface area contributed by atoms with E-state index in [0.717, 1.165) is 22.3 Å². The third-order valence-electron chi connectivity index (χ3n) is 4.30. The Labute approximate surface area is 128 Å². The summed E-state index contributed by atoms with van der Waals surface area (Å²) in [6.45, 7) is 0.605. The van der Waals surface area contributed by atoms with E-state index < -0.39 is 0 Å². The summed E-state index contributed by atoms with van der Waals surface area (Å²) in [6.07, 6.45) is 2.03. The van der Waals surface area contributed by atoms with Crippen molar-refractivity contribution in [3.05, 3.63) is 59.8 Å². The molecule has 4 nitrogen and oxygen atoms in total. The molecule has 2 aromatic carbocycles. The molecule has 22 heavy (non-hydrogen) atoms. The lowest BCUT2D eigenvalue weighted by Crippen LogP contribution is -2.22. The van der Waals surface area contributed by atoms with Crippen LogP contribution in [0.4, 0.5) is 5.69 Å². The lowest BCUT2D eigenvalue weighted by atomic mass is 10.1. The number of rotatable bonds is 2. The van der Waals surface area contributed by atoms with Gasteiger partial charge in [-0.25, -0.2) is 0 Å². The van der Waals surface area contributed by atoms with E-state index in [-0.39, 0.29) is 5.91 Å². The van der Waals surface area contributed by atoms with E-state index in [2.05, 4.69) is 22.8 Å². The van der Waals surface area contributed by atoms with Gasteiger partial charge in [0, 0.05) is 30.0 Å². The molecule has 4 rings (SSSR count). The van der Waals surface area contributed by atoms with Crippen LogP contribution in [0.5, 0.6) is 5.75 Å². The van der Waals surface area contributed by atoms with Crippen LogP contribution in [-0.4, -0.2) is 17.6 Å². The maximum Gasteiger partial charge on any atom is 0.259 e. The maximum absolute atomic E-state index is 12.7. The third-order valence-corrected chi connectivity index (χ3v) is 4.30. The Morgan fingerprint density at radius 2 is 1.95 bits per heavy atom. The van der Waals surface area contributed by atoms with Crippen LogP contribution in [-0.2, 0) is 13.6 Å². The molecule has 1 amide bonds. The van der Waals surface area contributed by atoms with Crippen molar-refractivity contribution in [2.75, 3.05) is 12.0 Å². The van der Waals surface area contributed by atoms with Gasteiger partial charge < -0.3 is 14.2 Å². The quantitative estimate of drug-likeness (QED) is 0.726. The summed E-state index contributed by atoms with van der Waals surface area (Å²) in [5, 5.41) is 1.18. The number of amides is 1. The highest BCUT2D eigenvalue weighted by atomic mass is 16.5. The summed E-state index contributed by atoms with van der Waals surface area (Å²) in [5.74, 6) is 0.745. The molecule has 0 saturated carbocycles. The van der Waals surface area contributed by atoms with E-state index in [4.69, 9.17) is 4.74 Å². The van der Waals surface area contributed by atoms with Gasteiger partial charge in [0.1, 0.15) is 5.75 Å². The van der Waals surface area contributed by atoms with Crippen LogP contribution in [0.3, 0.4) is 0 Å². The molecule has 110 valence electrons. The topological polar surface area (TPSA) is 34.5 Å². The predicted molar refractivity (Wildman–Crippen MR) is 86.4 cm³/mol. The summed E-state index contributed by atoms with van der Waals surface area (Å²) in [4.78, 5) is 14.5. The molecule has 0 aliphatic carbocycles. The minimum atomic E-state index is 0.0301. The van der Waals surface area contributed by atoms with Crippen molar-refractivity contribution in [2.45, 2.75) is 6.54 Å². The molecule has 1 aliphatic rings. The van der Waals surface area contributed by atoms with E-state index in [1.54, 1.807) is 7.11 Å². The molecule has 0 spiro atoms. The van der Waals surface area contributed by atoms with Crippen molar-refractivity contribution in [3.63, 3.8) is 0 Å². The van der Waals surface area contributed by atoms with Crippen molar-refractivity contribution in [2.24, 2.45) is 7.05 Å². The van der Waals surface area contributed by atoms with Gasteiger partial charge in [0.2, 0.25) is 0 Å². The molecule has 4 heteroatoms. The number of hydrogen-bond donors (Lipinski definition) is 0. The summed E-state index contributed by atoms with van der Waals surface area (Å²) in [6, 6.07) is 13.9. The van der Waals surface area contributed by atoms with Crippen LogP contribution in [0.25, 0.3) is 10.9 Å². The number of benzene rings is 2. The molecule has 0 saturated heterocycles. The SMILES string of the molecule is COc1ccc2c(c1)C(=O)N(c1ccc3ccn(C)c3c1)C2. The molecule has 2 heterocycles. The van der Waals surface area contributed by atoms with E-state index in [1.807, 2.05) is 42.4 Å². The Balaban J connectivity index is 1.77. The molecular weight excluding hydrogens is 276 g/mol. The van der Waals surface area contributed by atoms with Crippen LogP contribution in [0.1, 0.15) is 15.9 Å². The Morgan fingerprint density at radius 3 is 2.77 bits per heavy atom. The smallest absolute Gasteiger partial charge is 0.259 e. The van der Waals surface area contributed by atoms with Gasteiger partial charge in [0.05, 0.1) is 13.7 Å². The fraction of sp³-hybridized carbons (Fsp3) is 0.167. The first-order valence-corrected chi connectivity index (χ1v) is 7.21. The lowest BCUT2D eigenvalue weighted by Gasteiger charge is -2.16. The Hall–Kier alpha value is -2.75. The number of ether oxygens (including phenoxy) is 1. The highest BCUT2D eigenvalue weighted by Crippen LogP contribution is 2.32. The largest absolute Gasteiger partial charge is 0.497 e. The molecule has 1 aliphatic heterocycles. The summed E-state index contributed by atoms with van der Waals surface area (Å²) < 4.78 is 7.28. The van der Waals surface area contributed by atoms with Crippen molar-refractivity contribution >= 4 is 22.5 Å². The molecular formula is C18H16N2O2. The van der Waals surface area contributed by atoms with Crippen LogP contribution in [0.2, 0.25) is 0 Å². The fourth-order valence-corrected chi connectivity index (χ4v) is 3.03. The number of nitrogens with zero attached hydrogens (tertiary/aromatic N) is 2. The molecule has 0 radical (unpaired) electrons. The number of carbonyl (C=O) groups excluding carboxylic acids is 1. The standard InChI is InChI=1S/C18H16N2O2/c1-19-8-7-12-3-5-14(9-17(12)19)20-11-13-4-6-15(22-2)10-16(13)18(20)21/h3-10H,11H2,1-2H3. The first kappa shape index (κ1) is 13.0. The lowest BCUT2D eigenvalue weighted by molar-refractivity contribution is 0.0996. The molecule has 0 atom stereocenters. The zero-order valence-electron chi connectivity index (χ0n) is 12.5. The van der Waals surface area contributed by atoms with Crippen molar-refractivity contribution < 1.29 is 9.53 Å². The van der Waals surface area contributed by atoms with Crippen molar-refractivity contribution in [3.8, 4) is 5.75 Å². The highest BCUT2D eigenvalue weighted by molar-refractivity contribution is 6.10. The second-order valence-electron chi connectivity index (χ2n) is 5.58. The fourth-order valence-electron chi connectivity index (χ4n) is 3.03. The van der Waals surface area contributed by atoms with Gasteiger partial charge in [-0.1, -0.05) is 12.1 Å². The summed E-state index contributed by atoms with van der Waals surface area (Å²) >= 11 is 0. The normalized spacial score (nSPS) is 13.7. The molecule has 0 bridgehead atoms. The number of fused-ring (bicyclic) bond motifs is 2. The Kier molecular flexibility index (Phi) is 2.73. The predicted octanol–water partition coefficient (Wildman–Crippen LogP) is 3.35. The van der Waals surface area contributed by atoms with Crippen LogP contribution in [0.15, 0.2) is 48.7 Å². The second kappa shape index (κ2) is 4.63. The van der Waals surface area contributed by atoms with E-state index in [0.29, 0.717) is 12.3 Å². The number of methoxy groups -OCH3 is 1. The summed E-state index contributed by atoms with van der Waals surface area (Å²) in [7, 11) is 3.62. The first-order valence-electron chi connectivity index (χ1n) is 7.21. The van der Waals surface area contributed by atoms with Gasteiger partial charge in [-0.2, -0.15) is 0 Å². The highest BCUT2D eigenvalue weighted by Gasteiger charge is 2.29. The van der Waals surface area contributed by atoms with Gasteiger partial charge in [-0.15, -0.1) is 0 Å². The first-order chi connectivity index (χ1) is 10.7. The van der Waals surface area contributed by atoms with Crippen LogP contribution >= 0.6 is 0 Å². The average Bonchev–Trinajstić information content (AvgIpc) is 3.08. The monoisotopic (exact) mass is 292 g/mol. The van der Waals surface area contributed by atoms with Crippen molar-refractivity contribution in [1.82, 2.24) is 4.57 Å². The molecule has 0 N–H and O–H groups in total. The Bertz CT molecular complexity index is 895. The second-order valence-corrected chi connectivity index (χ2v) is 5.58. The van der Waals surface area contributed by atoms with E-state index in [1.165, 1.54) is 5.39 Å². The molecule has 3 aromatic rings. The minimum absolute atomic E-state index is 0.0301. The minimum Gasteiger partial charge on any atom is -0.497 e. The van der Waals surface area contributed by atoms with Gasteiger partial charge in [0.25, 0.3) is 5.91 Å². The van der Waals surface area contributed by atoms with Gasteiger partial charge in [-0.3, -0.25) is 4.79 Å². The van der Waals surface area contributed by atoms with E-state index in [9.17, 15) is 4.79 Å². The average molecular weight is 292 g/mol. The van der Waals surface area contributed by atoms with Crippen LogP contribution in [0, 0.1) is 0 Å². The number of hydrogen-bond acceptors (Lipinski definition) is 2. The number of anilines is 1. The van der Waals surface area contributed by atoms with Crippen LogP contribution < -0.4 is 9.64 Å². The summed E-state index contributed by atoms with van der Waals surface area (Å²) in [5.41, 5.74) is 3.82. The molecule has 1 aromatic heterocycles. The Morgan fingerprint density at radius 1 is 1.09 bits per heavy atom. The third kappa shape index (κ3) is 1.80. The van der Waals surface area contributed by atoms with Crippen molar-refractivity contribution in [1.29, 1.82) is 0 Å². The van der Waals surface area contributed by atoms with E-state index >= 15 is 0 Å². The zero-order chi connectivity index (χ0) is 15.3. The molecule has 0 fully saturated rings. The molecule has 0 unspecified atom stereocenters. The maximum atomic E-state index is 12.7. The van der Waals surface area contributed by atoms with Gasteiger partial charge in [0.15, 0.2) is 0 Å². The number of aryl methyl sites for hydroxylation is 1.